The molecular formula is C14H25NO16S. The van der Waals surface area contributed by atoms with Crippen LogP contribution in [0.25, 0.3) is 0 Å². The number of hydrogen-bond donors (Lipinski definition) is 10. The fraction of sp³-hybridized carbons (Fsp3) is 0.786. The zero-order chi connectivity index (χ0) is 25.4. The Kier molecular flexibility index (Phi) is 12.3. The number of aliphatic hydroxyl groups excluding tert-OH is 7. The maximum absolute atomic E-state index is 10.9. The normalized spacial score (nSPS) is 29.5. The standard InChI is InChI=1S/C8H15NO9S.C6H10O7/c1-3(11)9-5-6(12)7(18-19(14,15)16)4(2-10)17-8(5)13;7-1-2(8)3(9)4(10)5(11)6(12)13/h4-8,10,12-13H,2H2,1H3,(H,9,11)(H,14,15,16);1-5,8-11H,(H,12,13)/t4-,5-,6-,7+,8?;2-,3+,4-,5+/m10/s1. The van der Waals surface area contributed by atoms with Crippen LogP contribution in [0.3, 0.4) is 0 Å². The highest BCUT2D eigenvalue weighted by Gasteiger charge is 2.47. The summed E-state index contributed by atoms with van der Waals surface area (Å²) in [5.41, 5.74) is 0. The second-order valence-electron chi connectivity index (χ2n) is 6.34. The number of amides is 1. The summed E-state index contributed by atoms with van der Waals surface area (Å²) in [5, 5.41) is 73.7. The third kappa shape index (κ3) is 9.34. The second-order valence-corrected chi connectivity index (χ2v) is 7.39. The Balaban J connectivity index is 0.000000649. The molecule has 0 aromatic carbocycles. The Labute approximate surface area is 180 Å². The summed E-state index contributed by atoms with van der Waals surface area (Å²) in [6, 6.07) is -1.37. The molecule has 188 valence electrons. The number of carbonyl (C=O) groups is 3. The Bertz CT molecular complexity index is 730. The minimum absolute atomic E-state index is 0.0809. The van der Waals surface area contributed by atoms with E-state index >= 15 is 0 Å². The van der Waals surface area contributed by atoms with Crippen molar-refractivity contribution in [2.75, 3.05) is 6.61 Å². The molecule has 10 N–H and O–H groups in total. The summed E-state index contributed by atoms with van der Waals surface area (Å²) in [4.78, 5) is 30.9. The van der Waals surface area contributed by atoms with Gasteiger partial charge in [0, 0.05) is 6.92 Å². The number of aliphatic carboxylic acids is 1. The van der Waals surface area contributed by atoms with E-state index in [1.54, 1.807) is 0 Å². The minimum atomic E-state index is -4.91. The first-order valence-electron chi connectivity index (χ1n) is 8.52. The summed E-state index contributed by atoms with van der Waals surface area (Å²) in [6.45, 7) is 0.331. The van der Waals surface area contributed by atoms with E-state index in [2.05, 4.69) is 9.50 Å². The van der Waals surface area contributed by atoms with Crippen molar-refractivity contribution in [3.63, 3.8) is 0 Å². The van der Waals surface area contributed by atoms with Gasteiger partial charge in [0.2, 0.25) is 5.91 Å². The van der Waals surface area contributed by atoms with Crippen molar-refractivity contribution in [2.45, 2.75) is 62.0 Å². The fourth-order valence-corrected chi connectivity index (χ4v) is 2.87. The summed E-state index contributed by atoms with van der Waals surface area (Å²) in [5.74, 6) is -2.37. The molecule has 32 heavy (non-hydrogen) atoms. The predicted octanol–water partition coefficient (Wildman–Crippen LogP) is -6.54. The van der Waals surface area contributed by atoms with E-state index in [9.17, 15) is 33.0 Å². The largest absolute Gasteiger partial charge is 0.479 e. The van der Waals surface area contributed by atoms with Crippen LogP contribution < -0.4 is 5.32 Å². The number of rotatable bonds is 9. The van der Waals surface area contributed by atoms with Gasteiger partial charge < -0.3 is 55.7 Å². The first-order valence-corrected chi connectivity index (χ1v) is 9.89. The van der Waals surface area contributed by atoms with Gasteiger partial charge in [-0.25, -0.2) is 8.98 Å². The summed E-state index contributed by atoms with van der Waals surface area (Å²) < 4.78 is 38.9. The Morgan fingerprint density at radius 3 is 2.06 bits per heavy atom. The number of hydrogen-bond acceptors (Lipinski definition) is 14. The zero-order valence-corrected chi connectivity index (χ0v) is 17.1. The van der Waals surface area contributed by atoms with Crippen LogP contribution in [0.15, 0.2) is 0 Å². The molecule has 18 heteroatoms. The molecule has 1 heterocycles. The number of carboxylic acids is 1. The maximum Gasteiger partial charge on any atom is 0.397 e. The van der Waals surface area contributed by atoms with E-state index in [0.717, 1.165) is 6.92 Å². The van der Waals surface area contributed by atoms with Gasteiger partial charge in [0.05, 0.1) is 6.61 Å². The number of ether oxygens (including phenoxy) is 1. The van der Waals surface area contributed by atoms with Gasteiger partial charge >= 0.3 is 16.4 Å². The SMILES string of the molecule is CC(=O)N[C@H]1C(O)O[C@H](CO)[C@H](OS(=O)(=O)O)[C@@H]1O.O=C[C@H](O)[C@@H](O)[C@H](O)[C@@H](O)C(=O)O. The highest BCUT2D eigenvalue weighted by molar-refractivity contribution is 7.80. The average Bonchev–Trinajstić information content (AvgIpc) is 2.69. The van der Waals surface area contributed by atoms with Crippen LogP contribution in [0.4, 0.5) is 0 Å². The van der Waals surface area contributed by atoms with Gasteiger partial charge in [0.25, 0.3) is 0 Å². The highest BCUT2D eigenvalue weighted by atomic mass is 32.3. The third-order valence-corrected chi connectivity index (χ3v) is 4.36. The Morgan fingerprint density at radius 2 is 1.69 bits per heavy atom. The van der Waals surface area contributed by atoms with Gasteiger partial charge in [-0.05, 0) is 0 Å². The molecular weight excluding hydrogens is 470 g/mol. The average molecular weight is 495 g/mol. The lowest BCUT2D eigenvalue weighted by Crippen LogP contribution is -2.64. The summed E-state index contributed by atoms with van der Waals surface area (Å²) in [7, 11) is -4.91. The van der Waals surface area contributed by atoms with E-state index in [0.29, 0.717) is 0 Å². The molecule has 0 aromatic rings. The van der Waals surface area contributed by atoms with E-state index < -0.39 is 83.9 Å². The van der Waals surface area contributed by atoms with E-state index in [-0.39, 0.29) is 6.29 Å². The van der Waals surface area contributed by atoms with Crippen molar-refractivity contribution >= 4 is 28.6 Å². The van der Waals surface area contributed by atoms with Gasteiger partial charge in [0.1, 0.15) is 42.7 Å². The first kappa shape index (κ1) is 30.2. The lowest BCUT2D eigenvalue weighted by molar-refractivity contribution is -0.248. The van der Waals surface area contributed by atoms with E-state index in [4.69, 9.17) is 39.9 Å². The zero-order valence-electron chi connectivity index (χ0n) is 16.3. The molecule has 0 radical (unpaired) electrons. The monoisotopic (exact) mass is 495 g/mol. The number of carboxylic acid groups (broad SMARTS) is 1. The van der Waals surface area contributed by atoms with E-state index in [1.165, 1.54) is 0 Å². The lowest BCUT2D eigenvalue weighted by Gasteiger charge is -2.41. The van der Waals surface area contributed by atoms with Crippen LogP contribution in [0.1, 0.15) is 6.92 Å². The summed E-state index contributed by atoms with van der Waals surface area (Å²) in [6.07, 6.45) is -14.8. The number of aldehydes is 1. The van der Waals surface area contributed by atoms with E-state index in [1.807, 2.05) is 0 Å². The molecule has 0 bridgehead atoms. The van der Waals surface area contributed by atoms with Crippen molar-refractivity contribution < 1.29 is 77.1 Å². The van der Waals surface area contributed by atoms with Gasteiger partial charge in [-0.2, -0.15) is 8.42 Å². The molecule has 1 rings (SSSR count). The van der Waals surface area contributed by atoms with Crippen molar-refractivity contribution in [3.8, 4) is 0 Å². The maximum atomic E-state index is 10.9. The van der Waals surface area contributed by atoms with Crippen molar-refractivity contribution in [2.24, 2.45) is 0 Å². The van der Waals surface area contributed by atoms with Crippen LogP contribution in [-0.2, 0) is 33.7 Å². The van der Waals surface area contributed by atoms with Crippen LogP contribution in [0.2, 0.25) is 0 Å². The molecule has 0 spiro atoms. The Morgan fingerprint density at radius 1 is 1.16 bits per heavy atom. The Hall–Kier alpha value is -1.84. The van der Waals surface area contributed by atoms with Gasteiger partial charge in [-0.15, -0.1) is 0 Å². The molecule has 1 saturated heterocycles. The van der Waals surface area contributed by atoms with Crippen molar-refractivity contribution in [1.82, 2.24) is 5.32 Å². The molecule has 9 atom stereocenters. The van der Waals surface area contributed by atoms with Crippen LogP contribution >= 0.6 is 0 Å². The smallest absolute Gasteiger partial charge is 0.397 e. The molecule has 17 nitrogen and oxygen atoms in total. The fourth-order valence-electron chi connectivity index (χ4n) is 2.35. The first-order chi connectivity index (χ1) is 14.6. The summed E-state index contributed by atoms with van der Waals surface area (Å²) >= 11 is 0. The topological polar surface area (TPSA) is 298 Å². The second kappa shape index (κ2) is 13.0. The molecule has 1 aliphatic rings. The van der Waals surface area contributed by atoms with Crippen molar-refractivity contribution in [1.29, 1.82) is 0 Å². The lowest BCUT2D eigenvalue weighted by atomic mass is 9.97. The molecule has 0 saturated carbocycles. The van der Waals surface area contributed by atoms with Gasteiger partial charge in [-0.3, -0.25) is 9.35 Å². The molecule has 1 unspecified atom stereocenters. The number of carbonyl (C=O) groups excluding carboxylic acids is 2. The molecule has 1 aliphatic heterocycles. The number of nitrogens with one attached hydrogen (secondary N) is 1. The highest BCUT2D eigenvalue weighted by Crippen LogP contribution is 2.23. The number of aliphatic hydroxyl groups is 7. The van der Waals surface area contributed by atoms with Gasteiger partial charge in [-0.1, -0.05) is 0 Å². The quantitative estimate of drug-likeness (QED) is 0.105. The molecule has 1 fully saturated rings. The van der Waals surface area contributed by atoms with Gasteiger partial charge in [0.15, 0.2) is 18.7 Å². The van der Waals surface area contributed by atoms with Crippen molar-refractivity contribution in [3.05, 3.63) is 0 Å². The predicted molar refractivity (Wildman–Crippen MR) is 95.7 cm³/mol. The molecule has 0 aliphatic carbocycles. The molecule has 1 amide bonds. The molecule has 0 aromatic heterocycles. The van der Waals surface area contributed by atoms with Crippen LogP contribution in [0, 0.1) is 0 Å². The van der Waals surface area contributed by atoms with Crippen LogP contribution in [0.5, 0.6) is 0 Å². The third-order valence-electron chi connectivity index (χ3n) is 3.89. The van der Waals surface area contributed by atoms with Crippen LogP contribution in [-0.4, -0.2) is 134 Å². The minimum Gasteiger partial charge on any atom is -0.479 e.